The molecule has 0 amide bonds. The highest BCUT2D eigenvalue weighted by atomic mass is 16.4. The molecule has 15 heavy (non-hydrogen) atoms. The lowest BCUT2D eigenvalue weighted by Gasteiger charge is -2.09. The van der Waals surface area contributed by atoms with Crippen molar-refractivity contribution in [1.82, 2.24) is 9.97 Å². The number of carbonyl (C=O) groups is 1. The Hall–Kier alpha value is -1.69. The maximum Gasteiger partial charge on any atom is 0.354 e. The van der Waals surface area contributed by atoms with E-state index in [-0.39, 0.29) is 24.2 Å². The largest absolute Gasteiger partial charge is 0.477 e. The van der Waals surface area contributed by atoms with Crippen LogP contribution in [0, 0.1) is 5.92 Å². The fourth-order valence-electron chi connectivity index (χ4n) is 0.893. The number of carboxylic acids is 1. The lowest BCUT2D eigenvalue weighted by Crippen LogP contribution is -2.16. The van der Waals surface area contributed by atoms with Crippen molar-refractivity contribution in [2.45, 2.75) is 6.92 Å². The summed E-state index contributed by atoms with van der Waals surface area (Å²) in [5.74, 6) is -0.757. The molecule has 0 bridgehead atoms. The first-order valence-corrected chi connectivity index (χ1v) is 4.54. The summed E-state index contributed by atoms with van der Waals surface area (Å²) in [6, 6.07) is 1.32. The quantitative estimate of drug-likeness (QED) is 0.644. The summed E-state index contributed by atoms with van der Waals surface area (Å²) in [5, 5.41) is 20.3. The van der Waals surface area contributed by atoms with Crippen LogP contribution in [0.3, 0.4) is 0 Å². The molecule has 0 radical (unpaired) electrons. The monoisotopic (exact) mass is 211 g/mol. The van der Waals surface area contributed by atoms with E-state index in [2.05, 4.69) is 15.3 Å². The number of aliphatic hydroxyl groups is 1. The highest BCUT2D eigenvalue weighted by Crippen LogP contribution is 2.02. The van der Waals surface area contributed by atoms with E-state index >= 15 is 0 Å². The normalized spacial score (nSPS) is 12.1. The lowest BCUT2D eigenvalue weighted by atomic mass is 10.2. The molecular formula is C9H13N3O3. The van der Waals surface area contributed by atoms with Crippen LogP contribution >= 0.6 is 0 Å². The summed E-state index contributed by atoms with van der Waals surface area (Å²) in [4.78, 5) is 18.2. The third kappa shape index (κ3) is 3.51. The van der Waals surface area contributed by atoms with Gasteiger partial charge in [-0.2, -0.15) is 0 Å². The molecule has 0 saturated heterocycles. The van der Waals surface area contributed by atoms with Crippen LogP contribution in [0.25, 0.3) is 0 Å². The SMILES string of the molecule is CC(CO)CNc1nccc(C(=O)O)n1. The molecule has 0 aromatic carbocycles. The Morgan fingerprint density at radius 2 is 2.40 bits per heavy atom. The van der Waals surface area contributed by atoms with Crippen LogP contribution in [0.15, 0.2) is 12.3 Å². The van der Waals surface area contributed by atoms with E-state index in [4.69, 9.17) is 10.2 Å². The fourth-order valence-corrected chi connectivity index (χ4v) is 0.893. The molecule has 0 spiro atoms. The minimum absolute atomic E-state index is 0.0517. The second-order valence-electron chi connectivity index (χ2n) is 3.24. The van der Waals surface area contributed by atoms with Crippen LogP contribution in [-0.2, 0) is 0 Å². The Balaban J connectivity index is 2.62. The van der Waals surface area contributed by atoms with Crippen molar-refractivity contribution in [2.75, 3.05) is 18.5 Å². The van der Waals surface area contributed by atoms with Gasteiger partial charge in [0.05, 0.1) is 0 Å². The molecule has 1 aromatic heterocycles. The van der Waals surface area contributed by atoms with E-state index in [9.17, 15) is 4.79 Å². The smallest absolute Gasteiger partial charge is 0.354 e. The van der Waals surface area contributed by atoms with Crippen molar-refractivity contribution in [1.29, 1.82) is 0 Å². The number of aliphatic hydroxyl groups excluding tert-OH is 1. The number of nitrogens with one attached hydrogen (secondary N) is 1. The van der Waals surface area contributed by atoms with Gasteiger partial charge in [0.15, 0.2) is 5.69 Å². The Bertz CT molecular complexity index is 343. The van der Waals surface area contributed by atoms with Crippen LogP contribution in [0.5, 0.6) is 0 Å². The summed E-state index contributed by atoms with van der Waals surface area (Å²) in [6.45, 7) is 2.42. The van der Waals surface area contributed by atoms with Gasteiger partial charge in [-0.25, -0.2) is 14.8 Å². The Labute approximate surface area is 87.0 Å². The van der Waals surface area contributed by atoms with E-state index in [1.54, 1.807) is 0 Å². The molecule has 1 heterocycles. The molecule has 0 aliphatic rings. The van der Waals surface area contributed by atoms with Crippen molar-refractivity contribution < 1.29 is 15.0 Å². The number of aromatic carboxylic acids is 1. The third-order valence-electron chi connectivity index (χ3n) is 1.80. The Kier molecular flexibility index (Phi) is 3.99. The van der Waals surface area contributed by atoms with E-state index in [0.717, 1.165) is 0 Å². The topological polar surface area (TPSA) is 95.3 Å². The van der Waals surface area contributed by atoms with Crippen molar-refractivity contribution in [3.05, 3.63) is 18.0 Å². The zero-order valence-corrected chi connectivity index (χ0v) is 8.34. The zero-order valence-electron chi connectivity index (χ0n) is 8.34. The minimum atomic E-state index is -1.09. The molecule has 82 valence electrons. The Morgan fingerprint density at radius 1 is 1.67 bits per heavy atom. The van der Waals surface area contributed by atoms with Crippen LogP contribution in [0.4, 0.5) is 5.95 Å². The summed E-state index contributed by atoms with van der Waals surface area (Å²) >= 11 is 0. The maximum absolute atomic E-state index is 10.6. The van der Waals surface area contributed by atoms with Crippen LogP contribution in [0.2, 0.25) is 0 Å². The fraction of sp³-hybridized carbons (Fsp3) is 0.444. The van der Waals surface area contributed by atoms with Gasteiger partial charge >= 0.3 is 5.97 Å². The van der Waals surface area contributed by atoms with Crippen LogP contribution in [0.1, 0.15) is 17.4 Å². The summed E-state index contributed by atoms with van der Waals surface area (Å²) in [6.07, 6.45) is 1.38. The van der Waals surface area contributed by atoms with E-state index in [1.807, 2.05) is 6.92 Å². The molecular weight excluding hydrogens is 198 g/mol. The average Bonchev–Trinajstić information content (AvgIpc) is 2.26. The van der Waals surface area contributed by atoms with Crippen LogP contribution < -0.4 is 5.32 Å². The van der Waals surface area contributed by atoms with Crippen molar-refractivity contribution in [2.24, 2.45) is 5.92 Å². The van der Waals surface area contributed by atoms with Gasteiger partial charge < -0.3 is 15.5 Å². The molecule has 1 atom stereocenters. The third-order valence-corrected chi connectivity index (χ3v) is 1.80. The summed E-state index contributed by atoms with van der Waals surface area (Å²) in [7, 11) is 0. The van der Waals surface area contributed by atoms with Gasteiger partial charge in [0.1, 0.15) is 0 Å². The predicted octanol–water partition coefficient (Wildman–Crippen LogP) is 0.215. The summed E-state index contributed by atoms with van der Waals surface area (Å²) in [5.41, 5.74) is -0.0517. The first-order valence-electron chi connectivity index (χ1n) is 4.54. The minimum Gasteiger partial charge on any atom is -0.477 e. The Morgan fingerprint density at radius 3 is 3.00 bits per heavy atom. The van der Waals surface area contributed by atoms with Gasteiger partial charge in [0.25, 0.3) is 0 Å². The average molecular weight is 211 g/mol. The number of hydrogen-bond donors (Lipinski definition) is 3. The van der Waals surface area contributed by atoms with Gasteiger partial charge in [-0.05, 0) is 12.0 Å². The van der Waals surface area contributed by atoms with E-state index in [1.165, 1.54) is 12.3 Å². The molecule has 0 saturated carbocycles. The zero-order chi connectivity index (χ0) is 11.3. The van der Waals surface area contributed by atoms with Crippen molar-refractivity contribution in [3.63, 3.8) is 0 Å². The molecule has 6 nitrogen and oxygen atoms in total. The summed E-state index contributed by atoms with van der Waals surface area (Å²) < 4.78 is 0. The van der Waals surface area contributed by atoms with Crippen LogP contribution in [-0.4, -0.2) is 39.3 Å². The molecule has 1 rings (SSSR count). The second-order valence-corrected chi connectivity index (χ2v) is 3.24. The number of anilines is 1. The highest BCUT2D eigenvalue weighted by Gasteiger charge is 2.06. The lowest BCUT2D eigenvalue weighted by molar-refractivity contribution is 0.0690. The van der Waals surface area contributed by atoms with Gasteiger partial charge in [-0.15, -0.1) is 0 Å². The number of rotatable bonds is 5. The molecule has 0 aliphatic heterocycles. The van der Waals surface area contributed by atoms with Gasteiger partial charge in [0.2, 0.25) is 5.95 Å². The number of nitrogens with zero attached hydrogens (tertiary/aromatic N) is 2. The molecule has 1 aromatic rings. The van der Waals surface area contributed by atoms with E-state index in [0.29, 0.717) is 6.54 Å². The first kappa shape index (κ1) is 11.4. The number of carboxylic acid groups (broad SMARTS) is 1. The van der Waals surface area contributed by atoms with Crippen molar-refractivity contribution in [3.8, 4) is 0 Å². The molecule has 6 heteroatoms. The standard InChI is InChI=1S/C9H13N3O3/c1-6(5-13)4-11-9-10-3-2-7(12-9)8(14)15/h2-3,6,13H,4-5H2,1H3,(H,14,15)(H,10,11,12). The van der Waals surface area contributed by atoms with Gasteiger partial charge in [-0.3, -0.25) is 0 Å². The predicted molar refractivity (Wildman–Crippen MR) is 53.7 cm³/mol. The highest BCUT2D eigenvalue weighted by molar-refractivity contribution is 5.85. The maximum atomic E-state index is 10.6. The molecule has 0 fully saturated rings. The van der Waals surface area contributed by atoms with Gasteiger partial charge in [0, 0.05) is 19.3 Å². The van der Waals surface area contributed by atoms with E-state index < -0.39 is 5.97 Å². The van der Waals surface area contributed by atoms with Crippen molar-refractivity contribution >= 4 is 11.9 Å². The number of aromatic nitrogens is 2. The molecule has 1 unspecified atom stereocenters. The molecule has 3 N–H and O–H groups in total. The number of hydrogen-bond acceptors (Lipinski definition) is 5. The second kappa shape index (κ2) is 5.26. The molecule has 0 aliphatic carbocycles. The first-order chi connectivity index (χ1) is 7.13. The van der Waals surface area contributed by atoms with Gasteiger partial charge in [-0.1, -0.05) is 6.92 Å².